The third-order valence-electron chi connectivity index (χ3n) is 3.74. The lowest BCUT2D eigenvalue weighted by Gasteiger charge is -2.07. The van der Waals surface area contributed by atoms with Gasteiger partial charge < -0.3 is 9.73 Å². The van der Waals surface area contributed by atoms with Gasteiger partial charge in [-0.1, -0.05) is 37.6 Å². The smallest absolute Gasteiger partial charge is 0.248 e. The van der Waals surface area contributed by atoms with E-state index in [1.54, 1.807) is 12.1 Å². The molecule has 0 unspecified atom stereocenters. The first-order chi connectivity index (χ1) is 11.5. The Morgan fingerprint density at radius 3 is 2.58 bits per heavy atom. The maximum atomic E-state index is 12.0. The number of hydrogen-bond donors (Lipinski definition) is 1. The minimum Gasteiger partial charge on any atom is -0.457 e. The molecule has 0 aliphatic heterocycles. The van der Waals surface area contributed by atoms with Crippen molar-refractivity contribution in [2.24, 2.45) is 0 Å². The van der Waals surface area contributed by atoms with Crippen molar-refractivity contribution in [2.45, 2.75) is 19.8 Å². The topological polar surface area (TPSA) is 42.2 Å². The Kier molecular flexibility index (Phi) is 4.72. The van der Waals surface area contributed by atoms with Crippen molar-refractivity contribution in [3.63, 3.8) is 0 Å². The maximum absolute atomic E-state index is 12.0. The fourth-order valence-corrected chi connectivity index (χ4v) is 2.59. The molecule has 0 aliphatic carbocycles. The lowest BCUT2D eigenvalue weighted by molar-refractivity contribution is -0.111. The highest BCUT2D eigenvalue weighted by molar-refractivity contribution is 6.31. The Balaban J connectivity index is 1.67. The van der Waals surface area contributed by atoms with Crippen LogP contribution in [0.3, 0.4) is 0 Å². The Bertz CT molecular complexity index is 892. The van der Waals surface area contributed by atoms with Crippen molar-refractivity contribution in [2.75, 3.05) is 5.32 Å². The molecule has 1 amide bonds. The molecule has 0 atom stereocenters. The minimum absolute atomic E-state index is 0.203. The number of halogens is 1. The molecule has 1 aromatic heterocycles. The van der Waals surface area contributed by atoms with E-state index in [0.29, 0.717) is 16.7 Å². The van der Waals surface area contributed by atoms with Crippen LogP contribution in [-0.4, -0.2) is 5.91 Å². The molecule has 0 radical (unpaired) electrons. The zero-order chi connectivity index (χ0) is 17.1. The van der Waals surface area contributed by atoms with Crippen LogP contribution in [0, 0.1) is 0 Å². The maximum Gasteiger partial charge on any atom is 0.248 e. The van der Waals surface area contributed by atoms with Crippen LogP contribution in [-0.2, 0) is 4.79 Å². The summed E-state index contributed by atoms with van der Waals surface area (Å²) >= 11 is 5.95. The second-order valence-corrected chi connectivity index (χ2v) is 6.37. The number of rotatable bonds is 4. The summed E-state index contributed by atoms with van der Waals surface area (Å²) in [6, 6.07) is 15.1. The molecule has 0 saturated carbocycles. The summed E-state index contributed by atoms with van der Waals surface area (Å²) < 4.78 is 5.64. The average Bonchev–Trinajstić information content (AvgIpc) is 2.95. The second-order valence-electron chi connectivity index (χ2n) is 5.93. The van der Waals surface area contributed by atoms with Crippen LogP contribution in [0.15, 0.2) is 59.0 Å². The van der Waals surface area contributed by atoms with Gasteiger partial charge in [0.05, 0.1) is 0 Å². The lowest BCUT2D eigenvalue weighted by Crippen LogP contribution is -2.07. The summed E-state index contributed by atoms with van der Waals surface area (Å²) in [4.78, 5) is 12.0. The fourth-order valence-electron chi connectivity index (χ4n) is 2.41. The van der Waals surface area contributed by atoms with Crippen LogP contribution >= 0.6 is 11.6 Å². The van der Waals surface area contributed by atoms with Gasteiger partial charge in [0.25, 0.3) is 0 Å². The van der Waals surface area contributed by atoms with Gasteiger partial charge in [-0.15, -0.1) is 0 Å². The molecule has 1 heterocycles. The molecule has 24 heavy (non-hydrogen) atoms. The molecule has 1 N–H and O–H groups in total. The van der Waals surface area contributed by atoms with Gasteiger partial charge >= 0.3 is 0 Å². The standard InChI is InChI=1S/C20H18ClNO2/c1-13(2)14-3-6-17(7-4-14)22-20(23)10-8-18-12-15-11-16(21)5-9-19(15)24-18/h3-13H,1-2H3,(H,22,23)/b10-8+. The number of carbonyl (C=O) groups is 1. The first-order valence-corrected chi connectivity index (χ1v) is 8.17. The van der Waals surface area contributed by atoms with Crippen molar-refractivity contribution >= 4 is 40.2 Å². The van der Waals surface area contributed by atoms with Gasteiger partial charge in [0.2, 0.25) is 5.91 Å². The minimum atomic E-state index is -0.203. The molecule has 0 fully saturated rings. The van der Waals surface area contributed by atoms with Crippen molar-refractivity contribution in [3.8, 4) is 0 Å². The summed E-state index contributed by atoms with van der Waals surface area (Å²) in [5.41, 5.74) is 2.75. The summed E-state index contributed by atoms with van der Waals surface area (Å²) in [7, 11) is 0. The largest absolute Gasteiger partial charge is 0.457 e. The Morgan fingerprint density at radius 1 is 1.12 bits per heavy atom. The van der Waals surface area contributed by atoms with Crippen LogP contribution in [0.1, 0.15) is 31.1 Å². The monoisotopic (exact) mass is 339 g/mol. The van der Waals surface area contributed by atoms with E-state index in [1.807, 2.05) is 42.5 Å². The summed E-state index contributed by atoms with van der Waals surface area (Å²) in [5, 5.41) is 4.40. The quantitative estimate of drug-likeness (QED) is 0.605. The predicted molar refractivity (Wildman–Crippen MR) is 99.4 cm³/mol. The Labute approximate surface area is 145 Å². The molecule has 0 spiro atoms. The van der Waals surface area contributed by atoms with Gasteiger partial charge in [0.15, 0.2) is 0 Å². The summed E-state index contributed by atoms with van der Waals surface area (Å²) in [5.74, 6) is 0.875. The molecule has 2 aromatic carbocycles. The van der Waals surface area contributed by atoms with E-state index in [2.05, 4.69) is 19.2 Å². The van der Waals surface area contributed by atoms with Gasteiger partial charge in [-0.3, -0.25) is 4.79 Å². The van der Waals surface area contributed by atoms with E-state index in [4.69, 9.17) is 16.0 Å². The van der Waals surface area contributed by atoms with Crippen molar-refractivity contribution < 1.29 is 9.21 Å². The van der Waals surface area contributed by atoms with E-state index < -0.39 is 0 Å². The second kappa shape index (κ2) is 6.93. The van der Waals surface area contributed by atoms with Crippen LogP contribution < -0.4 is 5.32 Å². The molecule has 4 heteroatoms. The normalized spacial score (nSPS) is 11.5. The molecule has 0 aliphatic rings. The third-order valence-corrected chi connectivity index (χ3v) is 3.98. The zero-order valence-corrected chi connectivity index (χ0v) is 14.3. The van der Waals surface area contributed by atoms with Gasteiger partial charge in [0, 0.05) is 22.2 Å². The molecule has 3 nitrogen and oxygen atoms in total. The molecule has 122 valence electrons. The third kappa shape index (κ3) is 3.87. The Hall–Kier alpha value is -2.52. The number of benzene rings is 2. The highest BCUT2D eigenvalue weighted by atomic mass is 35.5. The highest BCUT2D eigenvalue weighted by Gasteiger charge is 2.04. The van der Waals surface area contributed by atoms with E-state index in [-0.39, 0.29) is 5.91 Å². The van der Waals surface area contributed by atoms with E-state index >= 15 is 0 Å². The van der Waals surface area contributed by atoms with Gasteiger partial charge in [-0.25, -0.2) is 0 Å². The number of amides is 1. The van der Waals surface area contributed by atoms with Crippen molar-refractivity contribution in [1.82, 2.24) is 0 Å². The first-order valence-electron chi connectivity index (χ1n) is 7.79. The molecule has 0 bridgehead atoms. The summed E-state index contributed by atoms with van der Waals surface area (Å²) in [6.45, 7) is 4.27. The van der Waals surface area contributed by atoms with Crippen LogP contribution in [0.4, 0.5) is 5.69 Å². The molecule has 3 aromatic rings. The van der Waals surface area contributed by atoms with Gasteiger partial charge in [-0.2, -0.15) is 0 Å². The van der Waals surface area contributed by atoms with E-state index in [0.717, 1.165) is 16.7 Å². The SMILES string of the molecule is CC(C)c1ccc(NC(=O)/C=C/c2cc3cc(Cl)ccc3o2)cc1. The Morgan fingerprint density at radius 2 is 1.88 bits per heavy atom. The average molecular weight is 340 g/mol. The van der Waals surface area contributed by atoms with Crippen molar-refractivity contribution in [3.05, 3.63) is 71.0 Å². The first kappa shape index (κ1) is 16.3. The van der Waals surface area contributed by atoms with Crippen LogP contribution in [0.5, 0.6) is 0 Å². The number of nitrogens with one attached hydrogen (secondary N) is 1. The predicted octanol–water partition coefficient (Wildman–Crippen LogP) is 5.86. The highest BCUT2D eigenvalue weighted by Crippen LogP contribution is 2.23. The molecule has 3 rings (SSSR count). The van der Waals surface area contributed by atoms with Crippen LogP contribution in [0.25, 0.3) is 17.0 Å². The summed E-state index contributed by atoms with van der Waals surface area (Å²) in [6.07, 6.45) is 3.10. The van der Waals surface area contributed by atoms with E-state index in [1.165, 1.54) is 11.6 Å². The van der Waals surface area contributed by atoms with Crippen molar-refractivity contribution in [1.29, 1.82) is 0 Å². The van der Waals surface area contributed by atoms with Gasteiger partial charge in [-0.05, 0) is 54.0 Å². The number of hydrogen-bond acceptors (Lipinski definition) is 2. The number of anilines is 1. The fraction of sp³-hybridized carbons (Fsp3) is 0.150. The molecule has 0 saturated heterocycles. The molecular formula is C20H18ClNO2. The lowest BCUT2D eigenvalue weighted by atomic mass is 10.0. The van der Waals surface area contributed by atoms with Crippen LogP contribution in [0.2, 0.25) is 5.02 Å². The zero-order valence-electron chi connectivity index (χ0n) is 13.5. The number of carbonyl (C=O) groups excluding carboxylic acids is 1. The van der Waals surface area contributed by atoms with E-state index in [9.17, 15) is 4.79 Å². The number of fused-ring (bicyclic) bond motifs is 1. The molecular weight excluding hydrogens is 322 g/mol. The number of furan rings is 1. The van der Waals surface area contributed by atoms with Gasteiger partial charge in [0.1, 0.15) is 11.3 Å².